The van der Waals surface area contributed by atoms with Gasteiger partial charge in [0.25, 0.3) is 0 Å². The topological polar surface area (TPSA) is 83.6 Å². The van der Waals surface area contributed by atoms with Crippen molar-refractivity contribution in [2.75, 3.05) is 6.54 Å². The van der Waals surface area contributed by atoms with Crippen LogP contribution < -0.4 is 5.73 Å². The minimum Gasteiger partial charge on any atom is -0.478 e. The number of rotatable bonds is 14. The molecule has 4 aliphatic carbocycles. The minimum atomic E-state index is -0.944. The summed E-state index contributed by atoms with van der Waals surface area (Å²) in [5, 5.41) is 9.36. The number of amides is 1. The predicted octanol–water partition coefficient (Wildman–Crippen LogP) is 9.41. The lowest BCUT2D eigenvalue weighted by Crippen LogP contribution is -2.55. The number of hydrogen-bond acceptors (Lipinski definition) is 4. The van der Waals surface area contributed by atoms with Crippen molar-refractivity contribution in [2.45, 2.75) is 107 Å². The maximum atomic E-state index is 14.3. The number of benzene rings is 3. The molecule has 0 spiro atoms. The number of nitrogens with two attached hydrogens (primary N) is 1. The van der Waals surface area contributed by atoms with Crippen molar-refractivity contribution in [2.24, 2.45) is 23.5 Å². The summed E-state index contributed by atoms with van der Waals surface area (Å²) in [6.07, 6.45) is 14.0. The van der Waals surface area contributed by atoms with Crippen molar-refractivity contribution in [1.82, 2.24) is 4.90 Å². The maximum Gasteiger partial charge on any atom is 0.335 e. The third-order valence-corrected chi connectivity index (χ3v) is 11.3. The molecule has 3 aromatic rings. The van der Waals surface area contributed by atoms with Crippen LogP contribution in [0.5, 0.6) is 0 Å². The summed E-state index contributed by atoms with van der Waals surface area (Å²) in [4.78, 5) is 27.2. The van der Waals surface area contributed by atoms with Crippen LogP contribution in [0, 0.1) is 29.4 Å². The Morgan fingerprint density at radius 1 is 0.875 bits per heavy atom. The summed E-state index contributed by atoms with van der Waals surface area (Å²) in [5.41, 5.74) is 8.81. The van der Waals surface area contributed by atoms with Gasteiger partial charge in [-0.05, 0) is 98.1 Å². The second-order valence-electron chi connectivity index (χ2n) is 14.3. The van der Waals surface area contributed by atoms with E-state index in [4.69, 9.17) is 5.73 Å². The third kappa shape index (κ3) is 10.1. The Morgan fingerprint density at radius 2 is 1.52 bits per heavy atom. The number of carboxylic acid groups (broad SMARTS) is 1. The van der Waals surface area contributed by atoms with Crippen LogP contribution in [0.1, 0.15) is 105 Å². The number of thioether (sulfide) groups is 1. The fourth-order valence-electron chi connectivity index (χ4n) is 8.24. The molecule has 4 saturated carbocycles. The molecule has 3 N–H and O–H groups in total. The molecule has 0 heterocycles. The first-order chi connectivity index (χ1) is 23.1. The van der Waals surface area contributed by atoms with Gasteiger partial charge in [0.1, 0.15) is 11.6 Å². The van der Waals surface area contributed by atoms with Gasteiger partial charge in [-0.3, -0.25) is 4.79 Å². The Balaban J connectivity index is 0.000000338. The van der Waals surface area contributed by atoms with Gasteiger partial charge in [0, 0.05) is 40.9 Å². The van der Waals surface area contributed by atoms with E-state index >= 15 is 0 Å². The Hall–Kier alpha value is -3.23. The molecule has 5 nitrogen and oxygen atoms in total. The van der Waals surface area contributed by atoms with Crippen LogP contribution in [0.2, 0.25) is 0 Å². The van der Waals surface area contributed by atoms with Gasteiger partial charge in [0.05, 0.1) is 12.0 Å². The molecule has 0 unspecified atom stereocenters. The largest absolute Gasteiger partial charge is 0.478 e. The lowest BCUT2D eigenvalue weighted by atomic mass is 9.53. The van der Waals surface area contributed by atoms with Crippen LogP contribution in [0.25, 0.3) is 0 Å². The second kappa shape index (κ2) is 16.9. The standard InChI is InChI=1S/C30H33F2NO3S.C10H17N/c1-2-3-4-5-8-17-33(20-23-13-14-25(31)19-28(23)32)29(34)18-22-11-15-26(16-12-22)37-21-24-9-6-7-10-27(24)30(35)36;11-10-4-7-1-8(5-10)3-9(2-7)6-10/h6-7,9-16,19H,2-5,8,17-18,20-21H2,1H3,(H,35,36);7-9H,1-6,11H2. The first-order valence-corrected chi connectivity index (χ1v) is 18.6. The van der Waals surface area contributed by atoms with Crippen LogP contribution in [0.15, 0.2) is 71.6 Å². The Kier molecular flexibility index (Phi) is 12.7. The molecular formula is C40H50F2N2O3S. The molecule has 1 amide bonds. The number of halogens is 2. The molecule has 8 heteroatoms. The van der Waals surface area contributed by atoms with E-state index in [-0.39, 0.29) is 18.9 Å². The lowest BCUT2D eigenvalue weighted by Gasteiger charge is -2.55. The molecule has 3 aromatic carbocycles. The maximum absolute atomic E-state index is 14.3. The van der Waals surface area contributed by atoms with Crippen LogP contribution in [-0.4, -0.2) is 34.0 Å². The summed E-state index contributed by atoms with van der Waals surface area (Å²) in [6.45, 7) is 2.78. The van der Waals surface area contributed by atoms with E-state index in [0.29, 0.717) is 29.0 Å². The molecule has 4 fully saturated rings. The molecule has 7 rings (SSSR count). The number of unbranched alkanes of at least 4 members (excludes halogenated alkanes) is 4. The molecule has 0 atom stereocenters. The number of carboxylic acids is 1. The zero-order chi connectivity index (χ0) is 34.1. The minimum absolute atomic E-state index is 0.102. The smallest absolute Gasteiger partial charge is 0.335 e. The highest BCUT2D eigenvalue weighted by molar-refractivity contribution is 7.98. The Bertz CT molecular complexity index is 1490. The number of carbonyl (C=O) groups is 2. The van der Waals surface area contributed by atoms with Crippen molar-refractivity contribution >= 4 is 23.6 Å². The molecule has 48 heavy (non-hydrogen) atoms. The third-order valence-electron chi connectivity index (χ3n) is 10.3. The number of carbonyl (C=O) groups excluding carboxylic acids is 1. The average molecular weight is 677 g/mol. The van der Waals surface area contributed by atoms with E-state index in [1.54, 1.807) is 17.0 Å². The SMILES string of the molecule is CCCCCCCN(Cc1ccc(F)cc1F)C(=O)Cc1ccc(SCc2ccccc2C(=O)O)cc1.NC12CC3CC(CC(C3)C1)C2. The van der Waals surface area contributed by atoms with E-state index in [9.17, 15) is 23.5 Å². The Labute approximate surface area is 288 Å². The summed E-state index contributed by atoms with van der Waals surface area (Å²) < 4.78 is 27.6. The molecule has 4 aliphatic rings. The highest BCUT2D eigenvalue weighted by Gasteiger charge is 2.48. The zero-order valence-electron chi connectivity index (χ0n) is 28.1. The van der Waals surface area contributed by atoms with Crippen LogP contribution in [-0.2, 0) is 23.5 Å². The highest BCUT2D eigenvalue weighted by atomic mass is 32.2. The number of hydrogen-bond donors (Lipinski definition) is 2. The zero-order valence-corrected chi connectivity index (χ0v) is 29.0. The van der Waals surface area contributed by atoms with Gasteiger partial charge in [-0.1, -0.05) is 69.0 Å². The van der Waals surface area contributed by atoms with Crippen LogP contribution in [0.4, 0.5) is 8.78 Å². The first kappa shape index (κ1) is 36.1. The highest BCUT2D eigenvalue weighted by Crippen LogP contribution is 2.54. The van der Waals surface area contributed by atoms with E-state index in [0.717, 1.165) is 71.9 Å². The fourth-order valence-corrected chi connectivity index (χ4v) is 9.14. The molecular weight excluding hydrogens is 627 g/mol. The van der Waals surface area contributed by atoms with Gasteiger partial charge in [-0.15, -0.1) is 11.8 Å². The van der Waals surface area contributed by atoms with Crippen LogP contribution >= 0.6 is 11.8 Å². The van der Waals surface area contributed by atoms with E-state index in [1.165, 1.54) is 62.4 Å². The van der Waals surface area contributed by atoms with E-state index in [2.05, 4.69) is 6.92 Å². The normalized spacial score (nSPS) is 22.2. The van der Waals surface area contributed by atoms with Crippen molar-refractivity contribution in [3.8, 4) is 0 Å². The van der Waals surface area contributed by atoms with Crippen molar-refractivity contribution in [1.29, 1.82) is 0 Å². The summed E-state index contributed by atoms with van der Waals surface area (Å²) in [5.74, 6) is 1.26. The van der Waals surface area contributed by atoms with E-state index in [1.807, 2.05) is 36.4 Å². The van der Waals surface area contributed by atoms with Gasteiger partial charge < -0.3 is 15.7 Å². The lowest BCUT2D eigenvalue weighted by molar-refractivity contribution is -0.131. The van der Waals surface area contributed by atoms with Crippen LogP contribution in [0.3, 0.4) is 0 Å². The summed E-state index contributed by atoms with van der Waals surface area (Å²) in [7, 11) is 0. The first-order valence-electron chi connectivity index (χ1n) is 17.6. The van der Waals surface area contributed by atoms with Gasteiger partial charge in [-0.2, -0.15) is 0 Å². The van der Waals surface area contributed by atoms with E-state index < -0.39 is 17.6 Å². The summed E-state index contributed by atoms with van der Waals surface area (Å²) in [6, 6.07) is 18.0. The molecule has 4 bridgehead atoms. The molecule has 258 valence electrons. The number of nitrogens with zero attached hydrogens (tertiary/aromatic N) is 1. The summed E-state index contributed by atoms with van der Waals surface area (Å²) >= 11 is 1.53. The fraction of sp³-hybridized carbons (Fsp3) is 0.500. The molecule has 0 aromatic heterocycles. The van der Waals surface area contributed by atoms with Gasteiger partial charge in [-0.25, -0.2) is 13.6 Å². The molecule has 0 radical (unpaired) electrons. The Morgan fingerprint density at radius 3 is 2.12 bits per heavy atom. The molecule has 0 aliphatic heterocycles. The van der Waals surface area contributed by atoms with Crippen molar-refractivity contribution in [3.63, 3.8) is 0 Å². The van der Waals surface area contributed by atoms with Gasteiger partial charge in [0.2, 0.25) is 5.91 Å². The number of aromatic carboxylic acids is 1. The quantitative estimate of drug-likeness (QED) is 0.131. The van der Waals surface area contributed by atoms with Crippen molar-refractivity contribution < 1.29 is 23.5 Å². The second-order valence-corrected chi connectivity index (χ2v) is 15.4. The molecule has 0 saturated heterocycles. The predicted molar refractivity (Wildman–Crippen MR) is 189 cm³/mol. The van der Waals surface area contributed by atoms with Gasteiger partial charge in [0.15, 0.2) is 0 Å². The van der Waals surface area contributed by atoms with Crippen molar-refractivity contribution in [3.05, 3.63) is 101 Å². The van der Waals surface area contributed by atoms with Gasteiger partial charge >= 0.3 is 5.97 Å². The monoisotopic (exact) mass is 676 g/mol. The average Bonchev–Trinajstić information content (AvgIpc) is 3.04.